The van der Waals surface area contributed by atoms with Crippen LogP contribution in [0.25, 0.3) is 0 Å². The van der Waals surface area contributed by atoms with E-state index in [1.165, 1.54) is 25.7 Å². The number of benzene rings is 1. The fourth-order valence-corrected chi connectivity index (χ4v) is 6.06. The lowest BCUT2D eigenvalue weighted by molar-refractivity contribution is 0.0385. The van der Waals surface area contributed by atoms with Crippen molar-refractivity contribution < 1.29 is 4.79 Å². The average molecular weight is 435 g/mol. The van der Waals surface area contributed by atoms with Gasteiger partial charge in [-0.15, -0.1) is 11.8 Å². The molecule has 2 fully saturated rings. The van der Waals surface area contributed by atoms with Crippen LogP contribution in [-0.2, 0) is 5.75 Å². The van der Waals surface area contributed by atoms with Crippen molar-refractivity contribution in [3.05, 3.63) is 57.8 Å². The maximum atomic E-state index is 13.2. The number of carbonyl (C=O) groups excluding carboxylic acids is 1. The Morgan fingerprint density at radius 3 is 2.57 bits per heavy atom. The Morgan fingerprint density at radius 2 is 1.75 bits per heavy atom. The van der Waals surface area contributed by atoms with Gasteiger partial charge >= 0.3 is 0 Å². The molecule has 1 saturated heterocycles. The van der Waals surface area contributed by atoms with Gasteiger partial charge in [-0.25, -0.2) is 4.98 Å². The molecule has 2 aliphatic rings. The topological polar surface area (TPSA) is 33.2 Å². The van der Waals surface area contributed by atoms with Crippen molar-refractivity contribution in [1.29, 1.82) is 0 Å². The molecule has 2 heterocycles. The highest BCUT2D eigenvalue weighted by Gasteiger charge is 2.36. The zero-order chi connectivity index (χ0) is 19.5. The average Bonchev–Trinajstić information content (AvgIpc) is 2.73. The molecule has 6 heteroatoms. The Labute approximate surface area is 180 Å². The summed E-state index contributed by atoms with van der Waals surface area (Å²) in [6.45, 7) is 0.857. The lowest BCUT2D eigenvalue weighted by Crippen LogP contribution is -2.49. The van der Waals surface area contributed by atoms with Crippen LogP contribution >= 0.6 is 35.0 Å². The fourth-order valence-electron chi connectivity index (χ4n) is 4.47. The quantitative estimate of drug-likeness (QED) is 0.516. The van der Waals surface area contributed by atoms with Gasteiger partial charge in [-0.1, -0.05) is 48.2 Å². The number of hydrogen-bond acceptors (Lipinski definition) is 3. The third kappa shape index (κ3) is 4.34. The third-order valence-corrected chi connectivity index (χ3v) is 7.84. The smallest absolute Gasteiger partial charge is 0.272 e. The molecule has 2 unspecified atom stereocenters. The highest BCUT2D eigenvalue weighted by atomic mass is 35.5. The maximum absolute atomic E-state index is 13.2. The van der Waals surface area contributed by atoms with Gasteiger partial charge in [0.15, 0.2) is 0 Å². The van der Waals surface area contributed by atoms with Gasteiger partial charge in [-0.05, 0) is 55.9 Å². The van der Waals surface area contributed by atoms with E-state index in [9.17, 15) is 4.79 Å². The van der Waals surface area contributed by atoms with Gasteiger partial charge in [-0.3, -0.25) is 4.79 Å². The van der Waals surface area contributed by atoms with E-state index >= 15 is 0 Å². The molecule has 148 valence electrons. The number of halogens is 2. The van der Waals surface area contributed by atoms with E-state index in [4.69, 9.17) is 23.2 Å². The number of piperidine rings is 1. The number of fused-ring (bicyclic) bond motifs is 1. The SMILES string of the molecule is O=C(c1cccc(CSc2c(Cl)cccc2Cl)n1)N1CCCC2CCCCC21. The molecule has 4 rings (SSSR count). The van der Waals surface area contributed by atoms with E-state index in [0.717, 1.165) is 30.0 Å². The normalized spacial score (nSPS) is 22.0. The van der Waals surface area contributed by atoms with Crippen LogP contribution in [0.2, 0.25) is 10.0 Å². The van der Waals surface area contributed by atoms with E-state index in [1.807, 2.05) is 36.4 Å². The fraction of sp³-hybridized carbons (Fsp3) is 0.455. The molecule has 1 saturated carbocycles. The van der Waals surface area contributed by atoms with Gasteiger partial charge in [0.05, 0.1) is 15.7 Å². The molecule has 3 nitrogen and oxygen atoms in total. The number of thioether (sulfide) groups is 1. The summed E-state index contributed by atoms with van der Waals surface area (Å²) in [5, 5.41) is 1.28. The Morgan fingerprint density at radius 1 is 1.04 bits per heavy atom. The summed E-state index contributed by atoms with van der Waals surface area (Å²) in [7, 11) is 0. The van der Waals surface area contributed by atoms with Crippen molar-refractivity contribution in [2.24, 2.45) is 5.92 Å². The van der Waals surface area contributed by atoms with E-state index in [-0.39, 0.29) is 5.91 Å². The third-order valence-electron chi connectivity index (χ3n) is 5.81. The van der Waals surface area contributed by atoms with E-state index in [2.05, 4.69) is 9.88 Å². The molecule has 2 atom stereocenters. The van der Waals surface area contributed by atoms with Crippen LogP contribution in [0.1, 0.15) is 54.7 Å². The number of likely N-dealkylation sites (tertiary alicyclic amines) is 1. The predicted octanol–water partition coefficient (Wildman–Crippen LogP) is 6.48. The molecule has 2 aromatic rings. The van der Waals surface area contributed by atoms with E-state index < -0.39 is 0 Å². The molecule has 28 heavy (non-hydrogen) atoms. The summed E-state index contributed by atoms with van der Waals surface area (Å²) in [5.74, 6) is 1.38. The van der Waals surface area contributed by atoms with Crippen LogP contribution < -0.4 is 0 Å². The zero-order valence-electron chi connectivity index (χ0n) is 15.7. The second-order valence-electron chi connectivity index (χ2n) is 7.61. The molecule has 1 aromatic heterocycles. The molecule has 1 aliphatic heterocycles. The summed E-state index contributed by atoms with van der Waals surface area (Å²) < 4.78 is 0. The standard InChI is InChI=1S/C22H24Cl2N2OS/c23-17-9-4-10-18(24)21(17)28-14-16-8-3-11-19(25-16)22(27)26-13-5-7-15-6-1-2-12-20(15)26/h3-4,8-11,15,20H,1-2,5-7,12-14H2. The number of rotatable bonds is 4. The lowest BCUT2D eigenvalue weighted by atomic mass is 9.78. The molecule has 1 aliphatic carbocycles. The minimum Gasteiger partial charge on any atom is -0.334 e. The van der Waals surface area contributed by atoms with Crippen molar-refractivity contribution in [2.45, 2.75) is 55.2 Å². The van der Waals surface area contributed by atoms with Crippen molar-refractivity contribution in [3.63, 3.8) is 0 Å². The first-order valence-electron chi connectivity index (χ1n) is 9.97. The van der Waals surface area contributed by atoms with Crippen LogP contribution in [0.15, 0.2) is 41.3 Å². The van der Waals surface area contributed by atoms with Crippen LogP contribution in [0.3, 0.4) is 0 Å². The first-order chi connectivity index (χ1) is 13.6. The monoisotopic (exact) mass is 434 g/mol. The van der Waals surface area contributed by atoms with Crippen LogP contribution in [0, 0.1) is 5.92 Å². The number of carbonyl (C=O) groups is 1. The van der Waals surface area contributed by atoms with Gasteiger partial charge in [-0.2, -0.15) is 0 Å². The van der Waals surface area contributed by atoms with Crippen LogP contribution in [-0.4, -0.2) is 28.4 Å². The molecule has 0 spiro atoms. The lowest BCUT2D eigenvalue weighted by Gasteiger charge is -2.44. The second-order valence-corrected chi connectivity index (χ2v) is 9.41. The predicted molar refractivity (Wildman–Crippen MR) is 116 cm³/mol. The molecule has 1 aromatic carbocycles. The number of nitrogens with zero attached hydrogens (tertiary/aromatic N) is 2. The largest absolute Gasteiger partial charge is 0.334 e. The Balaban J connectivity index is 1.48. The summed E-state index contributed by atoms with van der Waals surface area (Å²) in [5.41, 5.74) is 1.42. The Bertz CT molecular complexity index is 838. The van der Waals surface area contributed by atoms with Gasteiger partial charge in [0.2, 0.25) is 0 Å². The zero-order valence-corrected chi connectivity index (χ0v) is 18.1. The molecular weight excluding hydrogens is 411 g/mol. The number of hydrogen-bond donors (Lipinski definition) is 0. The molecular formula is C22H24Cl2N2OS. The molecule has 0 bridgehead atoms. The van der Waals surface area contributed by atoms with Gasteiger partial charge in [0.1, 0.15) is 5.69 Å². The summed E-state index contributed by atoms with van der Waals surface area (Å²) in [6.07, 6.45) is 7.30. The van der Waals surface area contributed by atoms with Crippen LogP contribution in [0.5, 0.6) is 0 Å². The molecule has 1 amide bonds. The minimum absolute atomic E-state index is 0.0826. The van der Waals surface area contributed by atoms with Crippen molar-refractivity contribution >= 4 is 40.9 Å². The van der Waals surface area contributed by atoms with Crippen molar-refractivity contribution in [1.82, 2.24) is 9.88 Å². The van der Waals surface area contributed by atoms with E-state index in [1.54, 1.807) is 11.8 Å². The van der Waals surface area contributed by atoms with Crippen LogP contribution in [0.4, 0.5) is 0 Å². The molecule has 0 radical (unpaired) electrons. The number of aromatic nitrogens is 1. The Kier molecular flexibility index (Phi) is 6.49. The number of amides is 1. The number of pyridine rings is 1. The minimum atomic E-state index is 0.0826. The first kappa shape index (κ1) is 20.1. The summed E-state index contributed by atoms with van der Waals surface area (Å²) >= 11 is 14.1. The van der Waals surface area contributed by atoms with Crippen molar-refractivity contribution in [2.75, 3.05) is 6.54 Å². The van der Waals surface area contributed by atoms with Gasteiger partial charge in [0, 0.05) is 23.2 Å². The maximum Gasteiger partial charge on any atom is 0.272 e. The first-order valence-corrected chi connectivity index (χ1v) is 11.7. The van der Waals surface area contributed by atoms with E-state index in [0.29, 0.717) is 33.5 Å². The second kappa shape index (κ2) is 9.06. The van der Waals surface area contributed by atoms with Gasteiger partial charge in [0.25, 0.3) is 5.91 Å². The van der Waals surface area contributed by atoms with Crippen molar-refractivity contribution in [3.8, 4) is 0 Å². The summed E-state index contributed by atoms with van der Waals surface area (Å²) in [6, 6.07) is 11.6. The highest BCUT2D eigenvalue weighted by Crippen LogP contribution is 2.37. The Hall–Kier alpha value is -1.23. The summed E-state index contributed by atoms with van der Waals surface area (Å²) in [4.78, 5) is 20.8. The van der Waals surface area contributed by atoms with Gasteiger partial charge < -0.3 is 4.90 Å². The highest BCUT2D eigenvalue weighted by molar-refractivity contribution is 7.98. The molecule has 0 N–H and O–H groups in total.